The normalized spacial score (nSPS) is 12.1. The number of carbonyl (C=O) groups excluding carboxylic acids is 1. The summed E-state index contributed by atoms with van der Waals surface area (Å²) in [6.07, 6.45) is 3.03. The molecule has 0 saturated heterocycles. The van der Waals surface area contributed by atoms with Crippen LogP contribution >= 0.6 is 0 Å². The van der Waals surface area contributed by atoms with Crippen molar-refractivity contribution in [1.82, 2.24) is 10.3 Å². The summed E-state index contributed by atoms with van der Waals surface area (Å²) in [5, 5.41) is 12.7. The zero-order valence-corrected chi connectivity index (χ0v) is 22.1. The number of carboxylic acid groups (broad SMARTS) is 1. The summed E-state index contributed by atoms with van der Waals surface area (Å²) in [6.45, 7) is 4.16. The lowest BCUT2D eigenvalue weighted by molar-refractivity contribution is -0.139. The number of hydrogen-bond donors (Lipinski definition) is 2. The fourth-order valence-corrected chi connectivity index (χ4v) is 4.18. The number of carboxylic acids is 1. The maximum absolute atomic E-state index is 12.4. The van der Waals surface area contributed by atoms with Crippen molar-refractivity contribution in [2.75, 3.05) is 6.61 Å². The van der Waals surface area contributed by atoms with Crippen molar-refractivity contribution in [2.45, 2.75) is 39.2 Å². The van der Waals surface area contributed by atoms with Gasteiger partial charge >= 0.3 is 5.97 Å². The molecule has 7 heteroatoms. The van der Waals surface area contributed by atoms with Gasteiger partial charge in [0.2, 0.25) is 5.89 Å². The number of aromatic nitrogens is 1. The number of benzene rings is 3. The van der Waals surface area contributed by atoms with Gasteiger partial charge in [-0.05, 0) is 36.8 Å². The molecule has 0 spiro atoms. The Morgan fingerprint density at radius 1 is 1.00 bits per heavy atom. The first kappa shape index (κ1) is 27.4. The van der Waals surface area contributed by atoms with Crippen LogP contribution in [-0.2, 0) is 24.1 Å². The monoisotopic (exact) mass is 524 g/mol. The lowest BCUT2D eigenvalue weighted by atomic mass is 10.1. The van der Waals surface area contributed by atoms with Crippen LogP contribution in [-0.4, -0.2) is 34.5 Å². The van der Waals surface area contributed by atoms with Gasteiger partial charge in [0.1, 0.15) is 17.6 Å². The zero-order chi connectivity index (χ0) is 27.6. The van der Waals surface area contributed by atoms with E-state index in [1.807, 2.05) is 67.6 Å². The van der Waals surface area contributed by atoms with Gasteiger partial charge in [-0.15, -0.1) is 0 Å². The molecule has 2 N–H and O–H groups in total. The summed E-state index contributed by atoms with van der Waals surface area (Å²) in [7, 11) is 0. The maximum Gasteiger partial charge on any atom is 0.326 e. The van der Waals surface area contributed by atoms with Crippen LogP contribution in [0.4, 0.5) is 0 Å². The Morgan fingerprint density at radius 3 is 2.31 bits per heavy atom. The molecule has 200 valence electrons. The lowest BCUT2D eigenvalue weighted by Crippen LogP contribution is -2.37. The van der Waals surface area contributed by atoms with Crippen molar-refractivity contribution in [1.29, 1.82) is 0 Å². The van der Waals surface area contributed by atoms with Crippen LogP contribution in [0.25, 0.3) is 11.5 Å². The molecule has 39 heavy (non-hydrogen) atoms. The molecule has 0 amide bonds. The second kappa shape index (κ2) is 13.2. The minimum Gasteiger partial charge on any atom is -0.493 e. The minimum atomic E-state index is -0.996. The van der Waals surface area contributed by atoms with Gasteiger partial charge in [-0.3, -0.25) is 4.79 Å². The van der Waals surface area contributed by atoms with Crippen LogP contribution in [0.5, 0.6) is 5.75 Å². The highest BCUT2D eigenvalue weighted by Crippen LogP contribution is 2.23. The predicted molar refractivity (Wildman–Crippen MR) is 150 cm³/mol. The Balaban J connectivity index is 1.31. The highest BCUT2D eigenvalue weighted by Gasteiger charge is 2.18. The van der Waals surface area contributed by atoms with Crippen molar-refractivity contribution in [2.24, 2.45) is 0 Å². The molecule has 0 aliphatic heterocycles. The number of aliphatic carboxylic acids is 1. The Kier molecular flexibility index (Phi) is 9.29. The first-order valence-electron chi connectivity index (χ1n) is 13.0. The fourth-order valence-electron chi connectivity index (χ4n) is 4.18. The summed E-state index contributed by atoms with van der Waals surface area (Å²) in [5.74, 6) is 0.981. The van der Waals surface area contributed by atoms with E-state index in [0.29, 0.717) is 35.9 Å². The quantitative estimate of drug-likeness (QED) is 0.166. The molecule has 4 aromatic rings. The molecule has 4 rings (SSSR count). The number of nitrogens with zero attached hydrogens (tertiary/aromatic N) is 1. The maximum atomic E-state index is 12.4. The summed E-state index contributed by atoms with van der Waals surface area (Å²) in [5.41, 5.74) is 3.70. The standard InChI is InChI=1S/C32H32N2O5/c1-3-30-27(34-31(39-30)25-12-8-5-9-13-25)18-19-38-26-16-14-23(15-17-26)21-28(32(36)37)33-22(2)20-29(35)24-10-6-4-7-11-24/h4-17,20,28,33H,3,18-19,21H2,1-2H3,(H,36,37)/b22-20-/t28-/m0/s1. The van der Waals surface area contributed by atoms with Crippen LogP contribution in [0.2, 0.25) is 0 Å². The van der Waals surface area contributed by atoms with Crippen LogP contribution in [0.1, 0.15) is 41.2 Å². The van der Waals surface area contributed by atoms with E-state index >= 15 is 0 Å². The van der Waals surface area contributed by atoms with Gasteiger partial charge in [-0.25, -0.2) is 9.78 Å². The van der Waals surface area contributed by atoms with Crippen molar-refractivity contribution >= 4 is 11.8 Å². The molecule has 0 fully saturated rings. The Hall–Kier alpha value is -4.65. The molecule has 0 radical (unpaired) electrons. The number of ether oxygens (including phenoxy) is 1. The zero-order valence-electron chi connectivity index (χ0n) is 22.1. The number of nitrogens with one attached hydrogen (secondary N) is 1. The highest BCUT2D eigenvalue weighted by atomic mass is 16.5. The molecular weight excluding hydrogens is 492 g/mol. The van der Waals surface area contributed by atoms with Gasteiger partial charge in [0.05, 0.1) is 12.3 Å². The largest absolute Gasteiger partial charge is 0.493 e. The minimum absolute atomic E-state index is 0.181. The van der Waals surface area contributed by atoms with E-state index in [4.69, 9.17) is 9.15 Å². The predicted octanol–water partition coefficient (Wildman–Crippen LogP) is 5.90. The Labute approximate surface area is 228 Å². The Bertz CT molecular complexity index is 1410. The number of rotatable bonds is 13. The number of carbonyl (C=O) groups is 2. The summed E-state index contributed by atoms with van der Waals surface area (Å²) in [4.78, 5) is 28.9. The van der Waals surface area contributed by atoms with E-state index in [1.54, 1.807) is 31.2 Å². The van der Waals surface area contributed by atoms with Gasteiger partial charge in [-0.2, -0.15) is 0 Å². The van der Waals surface area contributed by atoms with Gasteiger partial charge in [0, 0.05) is 42.2 Å². The summed E-state index contributed by atoms with van der Waals surface area (Å²) < 4.78 is 11.9. The fraction of sp³-hybridized carbons (Fsp3) is 0.219. The number of oxazole rings is 1. The van der Waals surface area contributed by atoms with E-state index < -0.39 is 12.0 Å². The van der Waals surface area contributed by atoms with Gasteiger partial charge in [-0.1, -0.05) is 67.6 Å². The molecule has 0 unspecified atom stereocenters. The highest BCUT2D eigenvalue weighted by molar-refractivity contribution is 6.04. The smallest absolute Gasteiger partial charge is 0.326 e. The summed E-state index contributed by atoms with van der Waals surface area (Å²) in [6, 6.07) is 25.1. The van der Waals surface area contributed by atoms with Crippen molar-refractivity contribution in [3.8, 4) is 17.2 Å². The van der Waals surface area contributed by atoms with Crippen LogP contribution in [0.15, 0.2) is 101 Å². The number of allylic oxidation sites excluding steroid dienone is 2. The molecule has 0 aliphatic carbocycles. The first-order chi connectivity index (χ1) is 18.9. The van der Waals surface area contributed by atoms with Crippen molar-refractivity contribution < 1.29 is 23.8 Å². The molecule has 3 aromatic carbocycles. The molecule has 0 bridgehead atoms. The molecule has 1 aromatic heterocycles. The van der Waals surface area contributed by atoms with Crippen molar-refractivity contribution in [3.05, 3.63) is 119 Å². The topological polar surface area (TPSA) is 102 Å². The van der Waals surface area contributed by atoms with Gasteiger partial charge in [0.15, 0.2) is 5.78 Å². The van der Waals surface area contributed by atoms with E-state index in [1.165, 1.54) is 6.08 Å². The van der Waals surface area contributed by atoms with E-state index in [9.17, 15) is 14.7 Å². The van der Waals surface area contributed by atoms with E-state index in [0.717, 1.165) is 29.0 Å². The van der Waals surface area contributed by atoms with Crippen molar-refractivity contribution in [3.63, 3.8) is 0 Å². The third-order valence-electron chi connectivity index (χ3n) is 6.20. The van der Waals surface area contributed by atoms with Gasteiger partial charge in [0.25, 0.3) is 0 Å². The third-order valence-corrected chi connectivity index (χ3v) is 6.20. The van der Waals surface area contributed by atoms with Crippen LogP contribution in [0, 0.1) is 0 Å². The SMILES string of the molecule is CCc1oc(-c2ccccc2)nc1CCOc1ccc(C[C@H](N/C(C)=C\C(=O)c2ccccc2)C(=O)O)cc1. The first-order valence-corrected chi connectivity index (χ1v) is 13.0. The molecule has 0 aliphatic rings. The number of hydrogen-bond acceptors (Lipinski definition) is 6. The second-order valence-corrected chi connectivity index (χ2v) is 9.15. The van der Waals surface area contributed by atoms with E-state index in [-0.39, 0.29) is 12.2 Å². The molecule has 7 nitrogen and oxygen atoms in total. The van der Waals surface area contributed by atoms with E-state index in [2.05, 4.69) is 10.3 Å². The average molecular weight is 525 g/mol. The number of aryl methyl sites for hydroxylation is 1. The summed E-state index contributed by atoms with van der Waals surface area (Å²) >= 11 is 0. The lowest BCUT2D eigenvalue weighted by Gasteiger charge is -2.16. The third kappa shape index (κ3) is 7.68. The molecular formula is C32H32N2O5. The second-order valence-electron chi connectivity index (χ2n) is 9.15. The molecule has 1 atom stereocenters. The molecule has 1 heterocycles. The number of ketones is 1. The van der Waals surface area contributed by atoms with Gasteiger partial charge < -0.3 is 19.6 Å². The Morgan fingerprint density at radius 2 is 1.67 bits per heavy atom. The average Bonchev–Trinajstić information content (AvgIpc) is 3.37. The van der Waals surface area contributed by atoms with Crippen LogP contribution in [0.3, 0.4) is 0 Å². The van der Waals surface area contributed by atoms with Crippen LogP contribution < -0.4 is 10.1 Å². The molecule has 0 saturated carbocycles.